The molecule has 0 atom stereocenters. The minimum absolute atomic E-state index is 0.104. The first-order chi connectivity index (χ1) is 14.2. The number of nitriles is 1. The highest BCUT2D eigenvalue weighted by Crippen LogP contribution is 2.39. The topological polar surface area (TPSA) is 102 Å². The van der Waals surface area contributed by atoms with Crippen LogP contribution in [0.5, 0.6) is 0 Å². The number of nitrogens with zero attached hydrogens (tertiary/aromatic N) is 3. The Hall–Kier alpha value is -3.40. The second-order valence-corrected chi connectivity index (χ2v) is 7.30. The lowest BCUT2D eigenvalue weighted by Crippen LogP contribution is -2.49. The average molecular weight is 390 g/mol. The molecule has 0 aliphatic heterocycles. The molecule has 2 aromatic rings. The molecule has 150 valence electrons. The number of nitrogens with one attached hydrogen (secondary N) is 3. The Morgan fingerprint density at radius 3 is 2.62 bits per heavy atom. The number of hydrogen-bond donors (Lipinski definition) is 3. The van der Waals surface area contributed by atoms with Gasteiger partial charge in [-0.05, 0) is 43.4 Å². The number of carbonyl (C=O) groups is 1. The molecule has 0 unspecified atom stereocenters. The summed E-state index contributed by atoms with van der Waals surface area (Å²) in [5.74, 6) is 0.391. The van der Waals surface area contributed by atoms with Crippen LogP contribution in [0.1, 0.15) is 41.6 Å². The fraction of sp³-hybridized carbons (Fsp3) is 0.364. The SMILES string of the molecule is CN=C(NC#N)NC1CCC(CNC(=O)c2cccnc2)(c2ccccc2)CC1. The van der Waals surface area contributed by atoms with Crippen LogP contribution in [0.2, 0.25) is 0 Å². The van der Waals surface area contributed by atoms with Crippen LogP contribution < -0.4 is 16.0 Å². The average Bonchev–Trinajstić information content (AvgIpc) is 2.79. The summed E-state index contributed by atoms with van der Waals surface area (Å²) in [4.78, 5) is 20.7. The van der Waals surface area contributed by atoms with Crippen LogP contribution in [0.3, 0.4) is 0 Å². The van der Waals surface area contributed by atoms with Gasteiger partial charge in [0, 0.05) is 37.4 Å². The van der Waals surface area contributed by atoms with Gasteiger partial charge in [-0.3, -0.25) is 20.1 Å². The summed E-state index contributed by atoms with van der Waals surface area (Å²) in [6.45, 7) is 0.572. The van der Waals surface area contributed by atoms with E-state index in [2.05, 4.69) is 38.1 Å². The normalized spacial score (nSPS) is 21.7. The Morgan fingerprint density at radius 1 is 1.24 bits per heavy atom. The highest BCUT2D eigenvalue weighted by Gasteiger charge is 2.37. The molecule has 1 aliphatic rings. The van der Waals surface area contributed by atoms with Gasteiger partial charge in [-0.1, -0.05) is 30.3 Å². The molecule has 7 heteroatoms. The van der Waals surface area contributed by atoms with Crippen LogP contribution in [-0.4, -0.2) is 36.5 Å². The molecule has 3 rings (SSSR count). The van der Waals surface area contributed by atoms with Gasteiger partial charge in [0.2, 0.25) is 5.96 Å². The Labute approximate surface area is 171 Å². The van der Waals surface area contributed by atoms with Gasteiger partial charge in [-0.2, -0.15) is 5.26 Å². The first kappa shape index (κ1) is 20.3. The Bertz CT molecular complexity index is 867. The van der Waals surface area contributed by atoms with Crippen molar-refractivity contribution in [3.05, 3.63) is 66.0 Å². The van der Waals surface area contributed by atoms with E-state index in [0.29, 0.717) is 18.1 Å². The maximum Gasteiger partial charge on any atom is 0.252 e. The van der Waals surface area contributed by atoms with Gasteiger partial charge in [0.25, 0.3) is 5.91 Å². The molecular formula is C22H26N6O. The second kappa shape index (κ2) is 9.69. The lowest BCUT2D eigenvalue weighted by atomic mass is 9.68. The molecule has 0 radical (unpaired) electrons. The molecule has 3 N–H and O–H groups in total. The number of aromatic nitrogens is 1. The summed E-state index contributed by atoms with van der Waals surface area (Å²) < 4.78 is 0. The summed E-state index contributed by atoms with van der Waals surface area (Å²) in [7, 11) is 1.65. The summed E-state index contributed by atoms with van der Waals surface area (Å²) in [5, 5.41) is 17.8. The highest BCUT2D eigenvalue weighted by atomic mass is 16.1. The van der Waals surface area contributed by atoms with E-state index in [1.165, 1.54) is 5.56 Å². The number of aliphatic imine (C=N–C) groups is 1. The number of carbonyl (C=O) groups excluding carboxylic acids is 1. The van der Waals surface area contributed by atoms with Gasteiger partial charge in [-0.15, -0.1) is 0 Å². The third-order valence-electron chi connectivity index (χ3n) is 5.58. The van der Waals surface area contributed by atoms with Crippen LogP contribution in [-0.2, 0) is 5.41 Å². The number of guanidine groups is 1. The van der Waals surface area contributed by atoms with Crippen LogP contribution in [0, 0.1) is 11.5 Å². The van der Waals surface area contributed by atoms with Crippen molar-refractivity contribution in [3.63, 3.8) is 0 Å². The van der Waals surface area contributed by atoms with E-state index in [4.69, 9.17) is 5.26 Å². The number of benzene rings is 1. The summed E-state index contributed by atoms with van der Waals surface area (Å²) in [5.41, 5.74) is 1.69. The zero-order valence-electron chi connectivity index (χ0n) is 16.6. The number of pyridine rings is 1. The molecule has 7 nitrogen and oxygen atoms in total. The first-order valence-electron chi connectivity index (χ1n) is 9.79. The van der Waals surface area contributed by atoms with Crippen molar-refractivity contribution in [2.45, 2.75) is 37.1 Å². The molecule has 0 bridgehead atoms. The first-order valence-corrected chi connectivity index (χ1v) is 9.79. The van der Waals surface area contributed by atoms with Gasteiger partial charge in [0.05, 0.1) is 5.56 Å². The van der Waals surface area contributed by atoms with Crippen molar-refractivity contribution in [2.75, 3.05) is 13.6 Å². The van der Waals surface area contributed by atoms with E-state index in [1.54, 1.807) is 31.6 Å². The van der Waals surface area contributed by atoms with Gasteiger partial charge < -0.3 is 10.6 Å². The number of amides is 1. The van der Waals surface area contributed by atoms with Crippen molar-refractivity contribution >= 4 is 11.9 Å². The molecule has 1 aliphatic carbocycles. The second-order valence-electron chi connectivity index (χ2n) is 7.30. The predicted octanol–water partition coefficient (Wildman–Crippen LogP) is 2.34. The van der Waals surface area contributed by atoms with Crippen LogP contribution in [0.25, 0.3) is 0 Å². The Morgan fingerprint density at radius 2 is 2.00 bits per heavy atom. The van der Waals surface area contributed by atoms with E-state index in [0.717, 1.165) is 25.7 Å². The van der Waals surface area contributed by atoms with Crippen molar-refractivity contribution < 1.29 is 4.79 Å². The van der Waals surface area contributed by atoms with Crippen molar-refractivity contribution in [2.24, 2.45) is 4.99 Å². The Balaban J connectivity index is 1.70. The van der Waals surface area contributed by atoms with Crippen LogP contribution in [0.4, 0.5) is 0 Å². The lowest BCUT2D eigenvalue weighted by molar-refractivity contribution is 0.0934. The molecule has 1 aromatic heterocycles. The Kier molecular flexibility index (Phi) is 6.80. The van der Waals surface area contributed by atoms with Crippen molar-refractivity contribution in [1.29, 1.82) is 5.26 Å². The number of rotatable bonds is 5. The van der Waals surface area contributed by atoms with Gasteiger partial charge >= 0.3 is 0 Å². The molecule has 29 heavy (non-hydrogen) atoms. The minimum atomic E-state index is -0.122. The third-order valence-corrected chi connectivity index (χ3v) is 5.58. The van der Waals surface area contributed by atoms with Gasteiger partial charge in [0.1, 0.15) is 0 Å². The van der Waals surface area contributed by atoms with Crippen molar-refractivity contribution in [1.82, 2.24) is 20.9 Å². The van der Waals surface area contributed by atoms with Crippen LogP contribution in [0.15, 0.2) is 59.9 Å². The summed E-state index contributed by atoms with van der Waals surface area (Å²) in [6.07, 6.45) is 8.83. The zero-order valence-corrected chi connectivity index (χ0v) is 16.6. The summed E-state index contributed by atoms with van der Waals surface area (Å²) in [6, 6.07) is 14.1. The zero-order chi connectivity index (χ0) is 20.5. The molecule has 0 saturated heterocycles. The highest BCUT2D eigenvalue weighted by molar-refractivity contribution is 5.93. The molecule has 1 aromatic carbocycles. The quantitative estimate of drug-likeness (QED) is 0.315. The van der Waals surface area contributed by atoms with Crippen LogP contribution >= 0.6 is 0 Å². The molecule has 0 spiro atoms. The molecule has 1 amide bonds. The standard InChI is InChI=1S/C22H26N6O/c1-24-21(27-16-23)28-19-9-11-22(12-10-19,18-7-3-2-4-8-18)15-26-20(29)17-6-5-13-25-14-17/h2-8,13-14,19H,9-12,15H2,1H3,(H,26,29)(H2,24,27,28). The molecular weight excluding hydrogens is 364 g/mol. The van der Waals surface area contributed by atoms with E-state index >= 15 is 0 Å². The molecule has 1 saturated carbocycles. The largest absolute Gasteiger partial charge is 0.353 e. The van der Waals surface area contributed by atoms with E-state index < -0.39 is 0 Å². The van der Waals surface area contributed by atoms with Gasteiger partial charge in [0.15, 0.2) is 6.19 Å². The maximum absolute atomic E-state index is 12.6. The number of hydrogen-bond acceptors (Lipinski definition) is 4. The third kappa shape index (κ3) is 5.11. The monoisotopic (exact) mass is 390 g/mol. The van der Waals surface area contributed by atoms with E-state index in [-0.39, 0.29) is 17.4 Å². The smallest absolute Gasteiger partial charge is 0.252 e. The summed E-state index contributed by atoms with van der Waals surface area (Å²) >= 11 is 0. The predicted molar refractivity (Wildman–Crippen MR) is 112 cm³/mol. The fourth-order valence-corrected chi connectivity index (χ4v) is 3.93. The minimum Gasteiger partial charge on any atom is -0.353 e. The van der Waals surface area contributed by atoms with E-state index in [1.807, 2.05) is 24.4 Å². The van der Waals surface area contributed by atoms with E-state index in [9.17, 15) is 4.79 Å². The van der Waals surface area contributed by atoms with Crippen molar-refractivity contribution in [3.8, 4) is 6.19 Å². The maximum atomic E-state index is 12.6. The fourth-order valence-electron chi connectivity index (χ4n) is 3.93. The lowest BCUT2D eigenvalue weighted by Gasteiger charge is -2.41. The molecule has 1 heterocycles. The van der Waals surface area contributed by atoms with Gasteiger partial charge in [-0.25, -0.2) is 0 Å². The molecule has 1 fully saturated rings.